The summed E-state index contributed by atoms with van der Waals surface area (Å²) in [6.45, 7) is 9.31. The molecular weight excluding hydrogens is 248 g/mol. The normalized spacial score (nSPS) is 10.8. The first-order chi connectivity index (χ1) is 9.60. The summed E-state index contributed by atoms with van der Waals surface area (Å²) in [4.78, 5) is 13.5. The van der Waals surface area contributed by atoms with Crippen molar-refractivity contribution in [2.75, 3.05) is 11.9 Å². The Bertz CT molecular complexity index is 578. The van der Waals surface area contributed by atoms with Gasteiger partial charge in [0.15, 0.2) is 0 Å². The van der Waals surface area contributed by atoms with Gasteiger partial charge in [0.2, 0.25) is 0 Å². The van der Waals surface area contributed by atoms with Gasteiger partial charge in [0.05, 0.1) is 5.69 Å². The molecule has 0 bridgehead atoms. The fraction of sp³-hybridized carbons (Fsp3) is 0.438. The minimum atomic E-state index is 0.301. The molecular formula is C16H22N4. The molecule has 0 aliphatic heterocycles. The second kappa shape index (κ2) is 6.46. The van der Waals surface area contributed by atoms with Gasteiger partial charge in [0, 0.05) is 36.5 Å². The minimum Gasteiger partial charge on any atom is -0.370 e. The summed E-state index contributed by atoms with van der Waals surface area (Å²) < 4.78 is 0. The van der Waals surface area contributed by atoms with Gasteiger partial charge in [-0.2, -0.15) is 0 Å². The molecule has 0 atom stereocenters. The van der Waals surface area contributed by atoms with Crippen molar-refractivity contribution in [3.05, 3.63) is 35.9 Å². The summed E-state index contributed by atoms with van der Waals surface area (Å²) in [5.74, 6) is 2.06. The lowest BCUT2D eigenvalue weighted by Gasteiger charge is -2.11. The summed E-state index contributed by atoms with van der Waals surface area (Å²) in [6, 6.07) is 4.10. The van der Waals surface area contributed by atoms with Gasteiger partial charge in [-0.05, 0) is 25.0 Å². The van der Waals surface area contributed by atoms with E-state index < -0.39 is 0 Å². The Balaban J connectivity index is 2.43. The van der Waals surface area contributed by atoms with Crippen molar-refractivity contribution in [2.45, 2.75) is 40.0 Å². The van der Waals surface area contributed by atoms with Crippen LogP contribution in [0.4, 0.5) is 5.82 Å². The van der Waals surface area contributed by atoms with Crippen LogP contribution in [-0.4, -0.2) is 21.5 Å². The quantitative estimate of drug-likeness (QED) is 0.898. The van der Waals surface area contributed by atoms with E-state index in [1.165, 1.54) is 0 Å². The van der Waals surface area contributed by atoms with Crippen LogP contribution >= 0.6 is 0 Å². The number of anilines is 1. The van der Waals surface area contributed by atoms with E-state index in [0.29, 0.717) is 5.92 Å². The molecule has 0 unspecified atom stereocenters. The predicted molar refractivity (Wildman–Crippen MR) is 82.9 cm³/mol. The Morgan fingerprint density at radius 3 is 2.60 bits per heavy atom. The van der Waals surface area contributed by atoms with Crippen molar-refractivity contribution in [1.29, 1.82) is 0 Å². The van der Waals surface area contributed by atoms with Crippen molar-refractivity contribution in [2.24, 2.45) is 0 Å². The van der Waals surface area contributed by atoms with E-state index in [-0.39, 0.29) is 0 Å². The van der Waals surface area contributed by atoms with Gasteiger partial charge in [-0.15, -0.1) is 0 Å². The van der Waals surface area contributed by atoms with E-state index in [2.05, 4.69) is 47.1 Å². The Morgan fingerprint density at radius 1 is 1.15 bits per heavy atom. The van der Waals surface area contributed by atoms with Crippen LogP contribution in [0.2, 0.25) is 0 Å². The summed E-state index contributed by atoms with van der Waals surface area (Å²) in [5, 5.41) is 3.34. The highest BCUT2D eigenvalue weighted by atomic mass is 15.0. The molecule has 0 spiro atoms. The lowest BCUT2D eigenvalue weighted by atomic mass is 10.1. The van der Waals surface area contributed by atoms with E-state index in [1.54, 1.807) is 0 Å². The maximum atomic E-state index is 4.66. The van der Waals surface area contributed by atoms with Crippen LogP contribution in [0, 0.1) is 6.92 Å². The summed E-state index contributed by atoms with van der Waals surface area (Å²) in [5.41, 5.74) is 3.10. The van der Waals surface area contributed by atoms with Crippen molar-refractivity contribution in [1.82, 2.24) is 15.0 Å². The van der Waals surface area contributed by atoms with E-state index in [1.807, 2.05) is 25.4 Å². The van der Waals surface area contributed by atoms with Crippen LogP contribution < -0.4 is 5.32 Å². The molecule has 0 aliphatic carbocycles. The van der Waals surface area contributed by atoms with E-state index >= 15 is 0 Å². The number of hydrogen-bond donors (Lipinski definition) is 1. The molecule has 4 nitrogen and oxygen atoms in total. The van der Waals surface area contributed by atoms with Crippen LogP contribution in [0.1, 0.15) is 44.5 Å². The molecule has 1 N–H and O–H groups in total. The average molecular weight is 270 g/mol. The lowest BCUT2D eigenvalue weighted by Crippen LogP contribution is -2.07. The van der Waals surface area contributed by atoms with Crippen molar-refractivity contribution in [3.63, 3.8) is 0 Å². The van der Waals surface area contributed by atoms with Crippen LogP contribution in [0.15, 0.2) is 24.5 Å². The second-order valence-electron chi connectivity index (χ2n) is 5.33. The number of rotatable bonds is 5. The highest BCUT2D eigenvalue weighted by molar-refractivity contribution is 5.62. The molecule has 2 aromatic heterocycles. The van der Waals surface area contributed by atoms with Gasteiger partial charge in [-0.1, -0.05) is 20.8 Å². The first-order valence-electron chi connectivity index (χ1n) is 7.15. The Kier molecular flexibility index (Phi) is 4.66. The number of hydrogen-bond acceptors (Lipinski definition) is 4. The lowest BCUT2D eigenvalue weighted by molar-refractivity contribution is 0.775. The van der Waals surface area contributed by atoms with Crippen LogP contribution in [0.3, 0.4) is 0 Å². The fourth-order valence-electron chi connectivity index (χ4n) is 1.91. The van der Waals surface area contributed by atoms with Gasteiger partial charge in [-0.25, -0.2) is 9.97 Å². The fourth-order valence-corrected chi connectivity index (χ4v) is 1.91. The molecule has 0 fully saturated rings. The molecule has 2 heterocycles. The summed E-state index contributed by atoms with van der Waals surface area (Å²) >= 11 is 0. The zero-order valence-electron chi connectivity index (χ0n) is 12.6. The third kappa shape index (κ3) is 3.53. The standard InChI is InChI=1S/C16H22N4/c1-5-6-18-15-8-14(19-16(20-15)11(2)3)13-7-12(4)9-17-10-13/h7-11H,5-6H2,1-4H3,(H,18,19,20). The van der Waals surface area contributed by atoms with E-state index in [4.69, 9.17) is 0 Å². The van der Waals surface area contributed by atoms with Gasteiger partial charge in [0.1, 0.15) is 11.6 Å². The van der Waals surface area contributed by atoms with E-state index in [0.717, 1.165) is 41.4 Å². The molecule has 0 aromatic carbocycles. The predicted octanol–water partition coefficient (Wildman–Crippen LogP) is 3.79. The van der Waals surface area contributed by atoms with Crippen molar-refractivity contribution >= 4 is 5.82 Å². The largest absolute Gasteiger partial charge is 0.370 e. The minimum absolute atomic E-state index is 0.301. The van der Waals surface area contributed by atoms with Crippen LogP contribution in [0.25, 0.3) is 11.3 Å². The smallest absolute Gasteiger partial charge is 0.133 e. The monoisotopic (exact) mass is 270 g/mol. The van der Waals surface area contributed by atoms with Gasteiger partial charge in [0.25, 0.3) is 0 Å². The van der Waals surface area contributed by atoms with Crippen molar-refractivity contribution in [3.8, 4) is 11.3 Å². The Morgan fingerprint density at radius 2 is 1.95 bits per heavy atom. The number of nitrogens with one attached hydrogen (secondary N) is 1. The highest BCUT2D eigenvalue weighted by Gasteiger charge is 2.09. The molecule has 0 amide bonds. The third-order valence-corrected chi connectivity index (χ3v) is 2.99. The molecule has 2 rings (SSSR count). The first kappa shape index (κ1) is 14.4. The topological polar surface area (TPSA) is 50.7 Å². The summed E-state index contributed by atoms with van der Waals surface area (Å²) in [6.07, 6.45) is 4.77. The SMILES string of the molecule is CCCNc1cc(-c2cncc(C)c2)nc(C(C)C)n1. The van der Waals surface area contributed by atoms with Crippen LogP contribution in [0.5, 0.6) is 0 Å². The van der Waals surface area contributed by atoms with Gasteiger partial charge < -0.3 is 5.32 Å². The second-order valence-corrected chi connectivity index (χ2v) is 5.33. The zero-order valence-corrected chi connectivity index (χ0v) is 12.6. The Hall–Kier alpha value is -1.97. The average Bonchev–Trinajstić information content (AvgIpc) is 2.44. The molecule has 2 aromatic rings. The molecule has 106 valence electrons. The van der Waals surface area contributed by atoms with Crippen molar-refractivity contribution < 1.29 is 0 Å². The third-order valence-electron chi connectivity index (χ3n) is 2.99. The molecule has 0 saturated carbocycles. The molecule has 0 saturated heterocycles. The summed E-state index contributed by atoms with van der Waals surface area (Å²) in [7, 11) is 0. The molecule has 0 aliphatic rings. The zero-order chi connectivity index (χ0) is 14.5. The van der Waals surface area contributed by atoms with Crippen LogP contribution in [-0.2, 0) is 0 Å². The highest BCUT2D eigenvalue weighted by Crippen LogP contribution is 2.22. The number of pyridine rings is 1. The molecule has 0 radical (unpaired) electrons. The van der Waals surface area contributed by atoms with E-state index in [9.17, 15) is 0 Å². The Labute approximate surface area is 120 Å². The maximum Gasteiger partial charge on any atom is 0.133 e. The molecule has 4 heteroatoms. The number of aromatic nitrogens is 3. The molecule has 20 heavy (non-hydrogen) atoms. The number of aryl methyl sites for hydroxylation is 1. The maximum absolute atomic E-state index is 4.66. The number of nitrogens with zero attached hydrogens (tertiary/aromatic N) is 3. The van der Waals surface area contributed by atoms with Gasteiger partial charge >= 0.3 is 0 Å². The van der Waals surface area contributed by atoms with Gasteiger partial charge in [-0.3, -0.25) is 4.98 Å². The first-order valence-corrected chi connectivity index (χ1v) is 7.15.